The molecular weight excluding hydrogens is 364 g/mol. The Morgan fingerprint density at radius 1 is 1.22 bits per heavy atom. The number of anilines is 1. The first-order chi connectivity index (χ1) is 8.56. The third kappa shape index (κ3) is 3.36. The van der Waals surface area contributed by atoms with E-state index in [1.807, 2.05) is 25.1 Å². The molecule has 1 nitrogen and oxygen atoms in total. The van der Waals surface area contributed by atoms with Crippen molar-refractivity contribution in [3.8, 4) is 0 Å². The number of nitrogens with one attached hydrogen (secondary N) is 1. The van der Waals surface area contributed by atoms with Crippen LogP contribution < -0.4 is 5.32 Å². The van der Waals surface area contributed by atoms with Gasteiger partial charge in [0.2, 0.25) is 0 Å². The van der Waals surface area contributed by atoms with Crippen molar-refractivity contribution < 1.29 is 4.39 Å². The topological polar surface area (TPSA) is 12.0 Å². The predicted octanol–water partition coefficient (Wildman–Crippen LogP) is 5.00. The van der Waals surface area contributed by atoms with Gasteiger partial charge in [0, 0.05) is 20.8 Å². The van der Waals surface area contributed by atoms with Gasteiger partial charge in [-0.15, -0.1) is 0 Å². The van der Waals surface area contributed by atoms with Crippen molar-refractivity contribution in [1.82, 2.24) is 0 Å². The normalized spacial score (nSPS) is 10.4. The standard InChI is InChI=1S/C14H12ClFIN/c1-9-2-3-10(6-12(9)15)8-18-14-5-4-11(16)7-13(14)17/h2-7,18H,8H2,1H3. The van der Waals surface area contributed by atoms with Crippen molar-refractivity contribution >= 4 is 39.9 Å². The first-order valence-corrected chi connectivity index (χ1v) is 6.96. The van der Waals surface area contributed by atoms with Gasteiger partial charge in [-0.05, 0) is 64.9 Å². The second-order valence-corrected chi connectivity index (χ2v) is 5.63. The van der Waals surface area contributed by atoms with E-state index in [-0.39, 0.29) is 5.82 Å². The quantitative estimate of drug-likeness (QED) is 0.744. The van der Waals surface area contributed by atoms with Crippen molar-refractivity contribution in [3.63, 3.8) is 0 Å². The maximum atomic E-state index is 13.0. The summed E-state index contributed by atoms with van der Waals surface area (Å²) in [6, 6.07) is 10.7. The van der Waals surface area contributed by atoms with Gasteiger partial charge < -0.3 is 5.32 Å². The van der Waals surface area contributed by atoms with E-state index >= 15 is 0 Å². The fraction of sp³-hybridized carbons (Fsp3) is 0.143. The molecule has 18 heavy (non-hydrogen) atoms. The molecule has 2 aromatic rings. The zero-order valence-electron chi connectivity index (χ0n) is 9.81. The Morgan fingerprint density at radius 3 is 2.67 bits per heavy atom. The first-order valence-electron chi connectivity index (χ1n) is 5.50. The Morgan fingerprint density at radius 2 is 2.00 bits per heavy atom. The number of aryl methyl sites for hydroxylation is 1. The molecule has 0 heterocycles. The number of benzene rings is 2. The molecule has 0 aliphatic carbocycles. The van der Waals surface area contributed by atoms with E-state index in [4.69, 9.17) is 11.6 Å². The van der Waals surface area contributed by atoms with Gasteiger partial charge in [-0.2, -0.15) is 0 Å². The number of halogens is 3. The van der Waals surface area contributed by atoms with Gasteiger partial charge in [0.15, 0.2) is 0 Å². The van der Waals surface area contributed by atoms with E-state index in [0.29, 0.717) is 6.54 Å². The summed E-state index contributed by atoms with van der Waals surface area (Å²) < 4.78 is 13.8. The third-order valence-electron chi connectivity index (χ3n) is 2.65. The Hall–Kier alpha value is -0.810. The molecule has 0 radical (unpaired) electrons. The number of rotatable bonds is 3. The summed E-state index contributed by atoms with van der Waals surface area (Å²) in [7, 11) is 0. The lowest BCUT2D eigenvalue weighted by atomic mass is 10.1. The first kappa shape index (κ1) is 13.6. The average Bonchev–Trinajstić information content (AvgIpc) is 2.32. The molecule has 0 aromatic heterocycles. The molecule has 0 atom stereocenters. The van der Waals surface area contributed by atoms with Crippen LogP contribution in [0.25, 0.3) is 0 Å². The largest absolute Gasteiger partial charge is 0.380 e. The Kier molecular flexibility index (Phi) is 4.45. The average molecular weight is 376 g/mol. The van der Waals surface area contributed by atoms with Gasteiger partial charge >= 0.3 is 0 Å². The zero-order valence-corrected chi connectivity index (χ0v) is 12.7. The Labute approximate surface area is 124 Å². The van der Waals surface area contributed by atoms with E-state index in [1.165, 1.54) is 12.1 Å². The zero-order chi connectivity index (χ0) is 13.1. The minimum atomic E-state index is -0.219. The summed E-state index contributed by atoms with van der Waals surface area (Å²) in [5.41, 5.74) is 3.09. The van der Waals surface area contributed by atoms with Gasteiger partial charge in [0.1, 0.15) is 5.82 Å². The highest BCUT2D eigenvalue weighted by atomic mass is 127. The van der Waals surface area contributed by atoms with Crippen LogP contribution in [0.4, 0.5) is 10.1 Å². The molecule has 0 saturated carbocycles. The fourth-order valence-electron chi connectivity index (χ4n) is 1.58. The van der Waals surface area contributed by atoms with Crippen molar-refractivity contribution in [1.29, 1.82) is 0 Å². The van der Waals surface area contributed by atoms with Gasteiger partial charge in [-0.3, -0.25) is 0 Å². The molecule has 0 amide bonds. The smallest absolute Gasteiger partial charge is 0.124 e. The summed E-state index contributed by atoms with van der Waals surface area (Å²) in [5, 5.41) is 4.04. The highest BCUT2D eigenvalue weighted by molar-refractivity contribution is 14.1. The van der Waals surface area contributed by atoms with Crippen LogP contribution in [-0.2, 0) is 6.54 Å². The maximum absolute atomic E-state index is 13.0. The molecule has 4 heteroatoms. The van der Waals surface area contributed by atoms with Gasteiger partial charge in [0.05, 0.1) is 0 Å². The van der Waals surface area contributed by atoms with Crippen LogP contribution in [0, 0.1) is 16.3 Å². The minimum absolute atomic E-state index is 0.219. The predicted molar refractivity (Wildman–Crippen MR) is 82.6 cm³/mol. The number of hydrogen-bond donors (Lipinski definition) is 1. The summed E-state index contributed by atoms with van der Waals surface area (Å²) in [6.45, 7) is 2.64. The molecule has 0 bridgehead atoms. The molecule has 1 N–H and O–H groups in total. The van der Waals surface area contributed by atoms with E-state index in [1.54, 1.807) is 6.07 Å². The second-order valence-electron chi connectivity index (χ2n) is 4.06. The van der Waals surface area contributed by atoms with Crippen molar-refractivity contribution in [2.75, 3.05) is 5.32 Å². The van der Waals surface area contributed by atoms with E-state index in [2.05, 4.69) is 27.9 Å². The maximum Gasteiger partial charge on any atom is 0.124 e. The van der Waals surface area contributed by atoms with Crippen molar-refractivity contribution in [2.24, 2.45) is 0 Å². The van der Waals surface area contributed by atoms with Crippen molar-refractivity contribution in [2.45, 2.75) is 13.5 Å². The summed E-state index contributed by atoms with van der Waals surface area (Å²) in [4.78, 5) is 0. The molecule has 2 rings (SSSR count). The van der Waals surface area contributed by atoms with Crippen LogP contribution in [0.2, 0.25) is 5.02 Å². The Bertz CT molecular complexity index is 572. The molecule has 2 aromatic carbocycles. The lowest BCUT2D eigenvalue weighted by Gasteiger charge is -2.09. The molecule has 0 spiro atoms. The highest BCUT2D eigenvalue weighted by Gasteiger charge is 2.02. The lowest BCUT2D eigenvalue weighted by Crippen LogP contribution is -2.01. The monoisotopic (exact) mass is 375 g/mol. The second kappa shape index (κ2) is 5.89. The van der Waals surface area contributed by atoms with Crippen LogP contribution in [0.3, 0.4) is 0 Å². The Balaban J connectivity index is 2.09. The van der Waals surface area contributed by atoms with E-state index < -0.39 is 0 Å². The molecule has 0 aliphatic rings. The molecule has 0 fully saturated rings. The lowest BCUT2D eigenvalue weighted by molar-refractivity contribution is 0.627. The molecule has 0 unspecified atom stereocenters. The molecule has 0 aliphatic heterocycles. The van der Waals surface area contributed by atoms with E-state index in [0.717, 1.165) is 25.4 Å². The van der Waals surface area contributed by atoms with Gasteiger partial charge in [-0.25, -0.2) is 4.39 Å². The molecular formula is C14H12ClFIN. The SMILES string of the molecule is Cc1ccc(CNc2ccc(F)cc2I)cc1Cl. The summed E-state index contributed by atoms with van der Waals surface area (Å²) in [6.07, 6.45) is 0. The molecule has 0 saturated heterocycles. The number of hydrogen-bond acceptors (Lipinski definition) is 1. The molecule has 94 valence electrons. The van der Waals surface area contributed by atoms with Crippen molar-refractivity contribution in [3.05, 3.63) is 61.9 Å². The minimum Gasteiger partial charge on any atom is -0.380 e. The van der Waals surface area contributed by atoms with E-state index in [9.17, 15) is 4.39 Å². The highest BCUT2D eigenvalue weighted by Crippen LogP contribution is 2.21. The summed E-state index contributed by atoms with van der Waals surface area (Å²) >= 11 is 8.18. The third-order valence-corrected chi connectivity index (χ3v) is 3.95. The van der Waals surface area contributed by atoms with Crippen LogP contribution in [0.5, 0.6) is 0 Å². The summed E-state index contributed by atoms with van der Waals surface area (Å²) in [5.74, 6) is -0.219. The van der Waals surface area contributed by atoms with Crippen LogP contribution in [0.15, 0.2) is 36.4 Å². The van der Waals surface area contributed by atoms with Crippen LogP contribution >= 0.6 is 34.2 Å². The van der Waals surface area contributed by atoms with Gasteiger partial charge in [0.25, 0.3) is 0 Å². The fourth-order valence-corrected chi connectivity index (χ4v) is 2.45. The van der Waals surface area contributed by atoms with Gasteiger partial charge in [-0.1, -0.05) is 23.7 Å². The van der Waals surface area contributed by atoms with Crippen LogP contribution in [0.1, 0.15) is 11.1 Å². The van der Waals surface area contributed by atoms with Crippen LogP contribution in [-0.4, -0.2) is 0 Å².